The quantitative estimate of drug-likeness (QED) is 0.410. The van der Waals surface area contributed by atoms with Crippen molar-refractivity contribution >= 4 is 51.2 Å². The molecule has 33 heavy (non-hydrogen) atoms. The molecule has 7 nitrogen and oxygen atoms in total. The number of thioether (sulfide) groups is 1. The monoisotopic (exact) mass is 536 g/mol. The van der Waals surface area contributed by atoms with Gasteiger partial charge in [-0.05, 0) is 44.4 Å². The summed E-state index contributed by atoms with van der Waals surface area (Å²) in [6, 6.07) is 4.38. The van der Waals surface area contributed by atoms with Gasteiger partial charge in [0.05, 0.1) is 29.2 Å². The van der Waals surface area contributed by atoms with E-state index in [1.165, 1.54) is 16.7 Å². The summed E-state index contributed by atoms with van der Waals surface area (Å²) in [5.41, 5.74) is 2.66. The number of hydrogen-bond acceptors (Lipinski definition) is 5. The molecule has 178 valence electrons. The number of aryl methyl sites for hydroxylation is 2. The molecule has 3 fully saturated rings. The second-order valence-electron chi connectivity index (χ2n) is 9.31. The zero-order chi connectivity index (χ0) is 24.2. The number of anilines is 1. The fourth-order valence-corrected chi connectivity index (χ4v) is 9.37. The Morgan fingerprint density at radius 3 is 2.73 bits per heavy atom. The molecule has 4 rings (SSSR count). The van der Waals surface area contributed by atoms with Crippen molar-refractivity contribution in [3.63, 3.8) is 0 Å². The summed E-state index contributed by atoms with van der Waals surface area (Å²) in [5, 5.41) is 19.7. The van der Waals surface area contributed by atoms with Gasteiger partial charge in [-0.15, -0.1) is 18.3 Å². The summed E-state index contributed by atoms with van der Waals surface area (Å²) in [6.07, 6.45) is 2.17. The van der Waals surface area contributed by atoms with Gasteiger partial charge in [-0.3, -0.25) is 14.4 Å². The zero-order valence-electron chi connectivity index (χ0n) is 18.9. The Hall–Kier alpha value is -1.84. The molecule has 3 aliphatic heterocycles. The van der Waals surface area contributed by atoms with Crippen molar-refractivity contribution in [1.29, 1.82) is 0 Å². The zero-order valence-corrected chi connectivity index (χ0v) is 21.3. The Morgan fingerprint density at radius 1 is 1.42 bits per heavy atom. The number of alkyl halides is 1. The molecular weight excluding hydrogens is 508 g/mol. The molecule has 0 aliphatic carbocycles. The normalized spacial score (nSPS) is 33.2. The standard InChI is InChI=1S/C24H29BrN2O5S/c1-5-8-26(16-9-12(2)6-7-13(16)3)22(30)20-24-10-15(25)19(33-24)17(23(31)32)18(24)21(29)27(20)14(4)11-28/h5-7,9,14-15,17-20,28H,1,8,10-11H2,2-4H3,(H,31,32)/t14-,15?,17+,18+,19+,20?,24?/m1/s1. The lowest BCUT2D eigenvalue weighted by atomic mass is 9.71. The molecule has 2 bridgehead atoms. The van der Waals surface area contributed by atoms with Gasteiger partial charge in [0.1, 0.15) is 6.04 Å². The number of carbonyl (C=O) groups is 3. The number of nitrogens with zero attached hydrogens (tertiary/aromatic N) is 2. The van der Waals surface area contributed by atoms with E-state index in [0.717, 1.165) is 16.8 Å². The third-order valence-electron chi connectivity index (χ3n) is 7.22. The van der Waals surface area contributed by atoms with Crippen molar-refractivity contribution < 1.29 is 24.6 Å². The van der Waals surface area contributed by atoms with E-state index >= 15 is 0 Å². The molecule has 0 aromatic heterocycles. The van der Waals surface area contributed by atoms with Crippen LogP contribution in [0.4, 0.5) is 5.69 Å². The number of hydrogen-bond donors (Lipinski definition) is 2. The van der Waals surface area contributed by atoms with Crippen LogP contribution in [-0.4, -0.2) is 73.0 Å². The lowest BCUT2D eigenvalue weighted by Gasteiger charge is -2.39. The average Bonchev–Trinajstić information content (AvgIpc) is 3.36. The van der Waals surface area contributed by atoms with E-state index in [0.29, 0.717) is 6.42 Å². The van der Waals surface area contributed by atoms with Gasteiger partial charge < -0.3 is 20.0 Å². The minimum atomic E-state index is -1.01. The van der Waals surface area contributed by atoms with Crippen molar-refractivity contribution in [2.24, 2.45) is 11.8 Å². The fourth-order valence-electron chi connectivity index (χ4n) is 5.79. The lowest BCUT2D eigenvalue weighted by Crippen LogP contribution is -2.57. The third kappa shape index (κ3) is 3.54. The predicted molar refractivity (Wildman–Crippen MR) is 132 cm³/mol. The highest BCUT2D eigenvalue weighted by Gasteiger charge is 2.76. The van der Waals surface area contributed by atoms with Crippen LogP contribution in [0.5, 0.6) is 0 Å². The Bertz CT molecular complexity index is 1020. The van der Waals surface area contributed by atoms with Gasteiger partial charge >= 0.3 is 5.97 Å². The number of carboxylic acid groups (broad SMARTS) is 1. The summed E-state index contributed by atoms with van der Waals surface area (Å²) in [7, 11) is 0. The summed E-state index contributed by atoms with van der Waals surface area (Å²) in [4.78, 5) is 43.2. The molecule has 1 aromatic carbocycles. The van der Waals surface area contributed by atoms with Gasteiger partial charge in [0, 0.05) is 22.3 Å². The number of carbonyl (C=O) groups excluding carboxylic acids is 2. The molecule has 1 spiro atoms. The first-order valence-electron chi connectivity index (χ1n) is 11.1. The summed E-state index contributed by atoms with van der Waals surface area (Å²) in [5.74, 6) is -3.31. The number of fused-ring (bicyclic) bond motifs is 1. The fraction of sp³-hybridized carbons (Fsp3) is 0.542. The molecule has 1 aromatic rings. The minimum Gasteiger partial charge on any atom is -0.481 e. The molecule has 0 radical (unpaired) electrons. The van der Waals surface area contributed by atoms with Gasteiger partial charge in [0.15, 0.2) is 0 Å². The molecule has 3 aliphatic rings. The SMILES string of the molecule is C=CCN(C(=O)C1N([C@H](C)CO)C(=O)[C@@H]2[C@H](C(=O)O)[C@H]3SC12CC3Br)c1cc(C)ccc1C. The molecule has 3 unspecified atom stereocenters. The highest BCUT2D eigenvalue weighted by molar-refractivity contribution is 9.09. The number of likely N-dealkylation sites (tertiary alicyclic amines) is 1. The smallest absolute Gasteiger partial charge is 0.308 e. The van der Waals surface area contributed by atoms with E-state index in [-0.39, 0.29) is 35.0 Å². The number of benzene rings is 1. The van der Waals surface area contributed by atoms with Gasteiger partial charge in [0.2, 0.25) is 5.91 Å². The molecule has 2 N–H and O–H groups in total. The molecule has 9 heteroatoms. The number of aliphatic carboxylic acids is 1. The van der Waals surface area contributed by atoms with Crippen LogP contribution in [0.1, 0.15) is 24.5 Å². The molecule has 2 amide bonds. The molecular formula is C24H29BrN2O5S. The van der Waals surface area contributed by atoms with Crippen LogP contribution >= 0.6 is 27.7 Å². The van der Waals surface area contributed by atoms with E-state index in [1.54, 1.807) is 17.9 Å². The summed E-state index contributed by atoms with van der Waals surface area (Å²) >= 11 is 5.09. The van der Waals surface area contributed by atoms with E-state index in [1.807, 2.05) is 32.0 Å². The van der Waals surface area contributed by atoms with E-state index in [4.69, 9.17) is 0 Å². The molecule has 0 saturated carbocycles. The second-order valence-corrected chi connectivity index (χ2v) is 12.0. The number of halogens is 1. The van der Waals surface area contributed by atoms with Gasteiger partial charge in [0.25, 0.3) is 5.91 Å². The number of aliphatic hydroxyl groups is 1. The lowest BCUT2D eigenvalue weighted by molar-refractivity contribution is -0.149. The van der Waals surface area contributed by atoms with Crippen LogP contribution in [0.25, 0.3) is 0 Å². The third-order valence-corrected chi connectivity index (χ3v) is 10.4. The van der Waals surface area contributed by atoms with Crippen molar-refractivity contribution in [2.75, 3.05) is 18.1 Å². The number of amides is 2. The van der Waals surface area contributed by atoms with Crippen molar-refractivity contribution in [3.05, 3.63) is 42.0 Å². The maximum atomic E-state index is 14.3. The van der Waals surface area contributed by atoms with Crippen LogP contribution in [0, 0.1) is 25.7 Å². The topological polar surface area (TPSA) is 98.2 Å². The molecule has 3 saturated heterocycles. The van der Waals surface area contributed by atoms with Crippen LogP contribution in [0.3, 0.4) is 0 Å². The van der Waals surface area contributed by atoms with Crippen molar-refractivity contribution in [2.45, 2.75) is 54.1 Å². The molecule has 7 atom stereocenters. The average molecular weight is 537 g/mol. The number of rotatable bonds is 7. The van der Waals surface area contributed by atoms with Crippen molar-refractivity contribution in [3.8, 4) is 0 Å². The minimum absolute atomic E-state index is 0.110. The highest BCUT2D eigenvalue weighted by atomic mass is 79.9. The first-order valence-corrected chi connectivity index (χ1v) is 12.9. The van der Waals surface area contributed by atoms with Crippen LogP contribution in [-0.2, 0) is 14.4 Å². The Labute approximate surface area is 206 Å². The predicted octanol–water partition coefficient (Wildman–Crippen LogP) is 2.75. The second kappa shape index (κ2) is 8.74. The Balaban J connectivity index is 1.86. The van der Waals surface area contributed by atoms with Crippen LogP contribution < -0.4 is 4.90 Å². The van der Waals surface area contributed by atoms with Gasteiger partial charge in [-0.2, -0.15) is 0 Å². The first kappa shape index (κ1) is 24.3. The van der Waals surface area contributed by atoms with Crippen LogP contribution in [0.15, 0.2) is 30.9 Å². The maximum Gasteiger partial charge on any atom is 0.308 e. The highest BCUT2D eigenvalue weighted by Crippen LogP contribution is 2.68. The van der Waals surface area contributed by atoms with E-state index < -0.39 is 34.6 Å². The van der Waals surface area contributed by atoms with E-state index in [9.17, 15) is 24.6 Å². The molecule has 3 heterocycles. The van der Waals surface area contributed by atoms with Crippen LogP contribution in [0.2, 0.25) is 0 Å². The largest absolute Gasteiger partial charge is 0.481 e. The van der Waals surface area contributed by atoms with Gasteiger partial charge in [-0.25, -0.2) is 0 Å². The Morgan fingerprint density at radius 2 is 2.12 bits per heavy atom. The van der Waals surface area contributed by atoms with Crippen molar-refractivity contribution in [1.82, 2.24) is 4.90 Å². The number of aliphatic hydroxyl groups excluding tert-OH is 1. The first-order chi connectivity index (χ1) is 15.6. The van der Waals surface area contributed by atoms with E-state index in [2.05, 4.69) is 22.5 Å². The maximum absolute atomic E-state index is 14.3. The summed E-state index contributed by atoms with van der Waals surface area (Å²) < 4.78 is -0.864. The number of carboxylic acids is 1. The van der Waals surface area contributed by atoms with Gasteiger partial charge in [-0.1, -0.05) is 34.1 Å². The summed E-state index contributed by atoms with van der Waals surface area (Å²) in [6.45, 7) is 9.35. The Kier molecular flexibility index (Phi) is 6.44.